The topological polar surface area (TPSA) is 9.23 Å². The Kier molecular flexibility index (Phi) is 3.62. The maximum absolute atomic E-state index is 6.59. The Labute approximate surface area is 127 Å². The first-order chi connectivity index (χ1) is 9.16. The molecule has 0 radical (unpaired) electrons. The lowest BCUT2D eigenvalue weighted by molar-refractivity contribution is 0.328. The second-order valence-corrected chi connectivity index (χ2v) is 5.84. The van der Waals surface area contributed by atoms with Gasteiger partial charge in [0.25, 0.3) is 0 Å². The first-order valence-corrected chi connectivity index (χ1v) is 7.17. The molecule has 0 fully saturated rings. The van der Waals surface area contributed by atoms with Gasteiger partial charge >= 0.3 is 0 Å². The van der Waals surface area contributed by atoms with E-state index in [0.29, 0.717) is 16.7 Å². The predicted molar refractivity (Wildman–Crippen MR) is 79.7 cm³/mol. The van der Waals surface area contributed by atoms with Gasteiger partial charge in [0.2, 0.25) is 0 Å². The Morgan fingerprint density at radius 3 is 2.68 bits per heavy atom. The van der Waals surface area contributed by atoms with Crippen LogP contribution in [0.5, 0.6) is 5.75 Å². The molecule has 0 bridgehead atoms. The van der Waals surface area contributed by atoms with Gasteiger partial charge in [0.05, 0.1) is 12.0 Å². The number of hydrogen-bond donors (Lipinski definition) is 0. The molecule has 0 N–H and O–H groups in total. The average molecular weight is 314 g/mol. The van der Waals surface area contributed by atoms with E-state index in [0.717, 1.165) is 16.9 Å². The number of fused-ring (bicyclic) bond motifs is 1. The van der Waals surface area contributed by atoms with E-state index in [-0.39, 0.29) is 11.3 Å². The summed E-state index contributed by atoms with van der Waals surface area (Å²) >= 11 is 18.7. The van der Waals surface area contributed by atoms with Gasteiger partial charge < -0.3 is 4.74 Å². The molecule has 4 heteroatoms. The van der Waals surface area contributed by atoms with Crippen molar-refractivity contribution in [2.24, 2.45) is 0 Å². The third-order valence-corrected chi connectivity index (χ3v) is 4.45. The van der Waals surface area contributed by atoms with E-state index in [2.05, 4.69) is 0 Å². The minimum Gasteiger partial charge on any atom is -0.493 e. The number of ether oxygens (including phenoxy) is 1. The molecule has 3 rings (SSSR count). The number of benzene rings is 2. The van der Waals surface area contributed by atoms with Gasteiger partial charge in [0, 0.05) is 21.5 Å². The van der Waals surface area contributed by atoms with Crippen molar-refractivity contribution in [1.82, 2.24) is 0 Å². The Bertz CT molecular complexity index is 612. The molecule has 0 saturated heterocycles. The molecule has 1 nitrogen and oxygen atoms in total. The molecule has 1 aliphatic heterocycles. The van der Waals surface area contributed by atoms with E-state index in [4.69, 9.17) is 39.5 Å². The molecule has 0 saturated carbocycles. The lowest BCUT2D eigenvalue weighted by atomic mass is 9.93. The molecule has 1 heterocycles. The maximum Gasteiger partial charge on any atom is 0.122 e. The standard InChI is InChI=1S/C15H11Cl3O/c16-9-5-6-11(13(17)7-9)15(18)12-8-19-14-4-2-1-3-10(12)14/h1-7,12,15H,8H2. The number of hydrogen-bond acceptors (Lipinski definition) is 1. The van der Waals surface area contributed by atoms with Gasteiger partial charge in [-0.2, -0.15) is 0 Å². The summed E-state index contributed by atoms with van der Waals surface area (Å²) in [5.41, 5.74) is 2.02. The fraction of sp³-hybridized carbons (Fsp3) is 0.200. The van der Waals surface area contributed by atoms with E-state index in [9.17, 15) is 0 Å². The van der Waals surface area contributed by atoms with Crippen LogP contribution in [0.3, 0.4) is 0 Å². The summed E-state index contributed by atoms with van der Waals surface area (Å²) in [6.45, 7) is 0.576. The van der Waals surface area contributed by atoms with Gasteiger partial charge in [-0.3, -0.25) is 0 Å². The normalized spacial score (nSPS) is 18.8. The third kappa shape index (κ3) is 2.43. The van der Waals surface area contributed by atoms with Crippen molar-refractivity contribution >= 4 is 34.8 Å². The summed E-state index contributed by atoms with van der Waals surface area (Å²) in [4.78, 5) is 0. The smallest absolute Gasteiger partial charge is 0.122 e. The molecule has 0 aliphatic carbocycles. The Hall–Kier alpha value is -0.890. The van der Waals surface area contributed by atoms with Crippen molar-refractivity contribution < 1.29 is 4.74 Å². The zero-order valence-corrected chi connectivity index (χ0v) is 12.2. The Balaban J connectivity index is 1.95. The third-order valence-electron chi connectivity index (χ3n) is 3.35. The fourth-order valence-corrected chi connectivity index (χ4v) is 3.35. The molecule has 2 unspecified atom stereocenters. The summed E-state index contributed by atoms with van der Waals surface area (Å²) in [6, 6.07) is 13.4. The van der Waals surface area contributed by atoms with Crippen molar-refractivity contribution in [2.75, 3.05) is 6.61 Å². The van der Waals surface area contributed by atoms with Crippen molar-refractivity contribution in [2.45, 2.75) is 11.3 Å². The van der Waals surface area contributed by atoms with Gasteiger partial charge in [0.1, 0.15) is 5.75 Å². The molecule has 1 aliphatic rings. The van der Waals surface area contributed by atoms with Crippen LogP contribution in [0.1, 0.15) is 22.4 Å². The maximum atomic E-state index is 6.59. The van der Waals surface area contributed by atoms with Crippen molar-refractivity contribution in [3.8, 4) is 5.75 Å². The van der Waals surface area contributed by atoms with Gasteiger partial charge in [-0.25, -0.2) is 0 Å². The highest BCUT2D eigenvalue weighted by atomic mass is 35.5. The lowest BCUT2D eigenvalue weighted by Gasteiger charge is -2.18. The van der Waals surface area contributed by atoms with Crippen molar-refractivity contribution in [3.05, 3.63) is 63.6 Å². The minimum absolute atomic E-state index is 0.108. The molecule has 2 aromatic rings. The number of para-hydroxylation sites is 1. The van der Waals surface area contributed by atoms with Gasteiger partial charge in [-0.1, -0.05) is 47.5 Å². The molecule has 0 amide bonds. The van der Waals surface area contributed by atoms with E-state index in [1.54, 1.807) is 12.1 Å². The molecule has 2 aromatic carbocycles. The van der Waals surface area contributed by atoms with Crippen molar-refractivity contribution in [3.63, 3.8) is 0 Å². The fourth-order valence-electron chi connectivity index (χ4n) is 2.37. The largest absolute Gasteiger partial charge is 0.493 e. The van der Waals surface area contributed by atoms with Crippen LogP contribution < -0.4 is 4.74 Å². The summed E-state index contributed by atoms with van der Waals surface area (Å²) < 4.78 is 5.66. The van der Waals surface area contributed by atoms with E-state index in [1.807, 2.05) is 30.3 Å². The number of alkyl halides is 1. The van der Waals surface area contributed by atoms with Gasteiger partial charge in [-0.05, 0) is 23.8 Å². The van der Waals surface area contributed by atoms with Crippen LogP contribution in [0.25, 0.3) is 0 Å². The second-order valence-electron chi connectivity index (χ2n) is 4.52. The minimum atomic E-state index is -0.228. The highest BCUT2D eigenvalue weighted by Crippen LogP contribution is 2.46. The summed E-state index contributed by atoms with van der Waals surface area (Å²) in [5, 5.41) is 0.978. The molecule has 19 heavy (non-hydrogen) atoms. The zero-order chi connectivity index (χ0) is 13.4. The van der Waals surface area contributed by atoms with Crippen LogP contribution in [0, 0.1) is 0 Å². The van der Waals surface area contributed by atoms with Crippen molar-refractivity contribution in [1.29, 1.82) is 0 Å². The highest BCUT2D eigenvalue weighted by molar-refractivity contribution is 6.36. The van der Waals surface area contributed by atoms with Crippen LogP contribution in [0.4, 0.5) is 0 Å². The first kappa shape index (κ1) is 13.1. The summed E-state index contributed by atoms with van der Waals surface area (Å²) in [5.74, 6) is 1.01. The lowest BCUT2D eigenvalue weighted by Crippen LogP contribution is -2.08. The molecular formula is C15H11Cl3O. The molecule has 98 valence electrons. The molecular weight excluding hydrogens is 303 g/mol. The highest BCUT2D eigenvalue weighted by Gasteiger charge is 2.31. The van der Waals surface area contributed by atoms with E-state index in [1.165, 1.54) is 0 Å². The van der Waals surface area contributed by atoms with Crippen LogP contribution >= 0.6 is 34.8 Å². The monoisotopic (exact) mass is 312 g/mol. The average Bonchev–Trinajstić information content (AvgIpc) is 2.82. The van der Waals surface area contributed by atoms with Gasteiger partial charge in [-0.15, -0.1) is 11.6 Å². The predicted octanol–water partition coefficient (Wildman–Crippen LogP) is 5.45. The zero-order valence-electron chi connectivity index (χ0n) is 9.95. The molecule has 2 atom stereocenters. The van der Waals surface area contributed by atoms with E-state index < -0.39 is 0 Å². The quantitative estimate of drug-likeness (QED) is 0.670. The summed E-state index contributed by atoms with van der Waals surface area (Å²) in [6.07, 6.45) is 0. The Morgan fingerprint density at radius 2 is 1.89 bits per heavy atom. The van der Waals surface area contributed by atoms with Crippen LogP contribution in [-0.4, -0.2) is 6.61 Å². The SMILES string of the molecule is Clc1ccc(C(Cl)C2COc3ccccc32)c(Cl)c1. The van der Waals surface area contributed by atoms with Crippen LogP contribution in [0.15, 0.2) is 42.5 Å². The molecule has 0 aromatic heterocycles. The first-order valence-electron chi connectivity index (χ1n) is 5.97. The Morgan fingerprint density at radius 1 is 1.11 bits per heavy atom. The summed E-state index contributed by atoms with van der Waals surface area (Å²) in [7, 11) is 0. The molecule has 0 spiro atoms. The van der Waals surface area contributed by atoms with Crippen LogP contribution in [0.2, 0.25) is 10.0 Å². The number of halogens is 3. The van der Waals surface area contributed by atoms with Gasteiger partial charge in [0.15, 0.2) is 0 Å². The van der Waals surface area contributed by atoms with E-state index >= 15 is 0 Å². The second kappa shape index (κ2) is 5.24. The van der Waals surface area contributed by atoms with Crippen LogP contribution in [-0.2, 0) is 0 Å². The number of rotatable bonds is 2.